The van der Waals surface area contributed by atoms with Gasteiger partial charge >= 0.3 is 17.9 Å². The molecule has 1 aromatic carbocycles. The Morgan fingerprint density at radius 2 is 1.24 bits per heavy atom. The third kappa shape index (κ3) is 18.3. The first-order valence-corrected chi connectivity index (χ1v) is 14.1. The molecule has 0 aliphatic carbocycles. The molecule has 0 aliphatic rings. The summed E-state index contributed by atoms with van der Waals surface area (Å²) in [6, 6.07) is 9.16. The van der Waals surface area contributed by atoms with Gasteiger partial charge in [-0.05, 0) is 31.2 Å². The number of amides is 2. The highest BCUT2D eigenvalue weighted by Gasteiger charge is 2.21. The van der Waals surface area contributed by atoms with Crippen LogP contribution in [0.3, 0.4) is 0 Å². The number of hydrogen-bond donors (Lipinski definition) is 1. The molecule has 11 nitrogen and oxygen atoms in total. The maximum atomic E-state index is 12.9. The zero-order chi connectivity index (χ0) is 30.3. The predicted octanol–water partition coefficient (Wildman–Crippen LogP) is 3.27. The molecule has 0 saturated carbocycles. The van der Waals surface area contributed by atoms with Crippen molar-refractivity contribution in [3.05, 3.63) is 35.9 Å². The summed E-state index contributed by atoms with van der Waals surface area (Å²) in [7, 11) is 2.68. The Balaban J connectivity index is 2.52. The number of esters is 3. The van der Waals surface area contributed by atoms with Crippen LogP contribution in [0.4, 0.5) is 0 Å². The second-order valence-corrected chi connectivity index (χ2v) is 9.66. The van der Waals surface area contributed by atoms with Gasteiger partial charge in [0.25, 0.3) is 0 Å². The van der Waals surface area contributed by atoms with Crippen molar-refractivity contribution < 1.29 is 43.0 Å². The first kappa shape index (κ1) is 35.3. The monoisotopic (exact) mass is 576 g/mol. The van der Waals surface area contributed by atoms with E-state index in [-0.39, 0.29) is 56.7 Å². The SMILES string of the molecule is COC(=O)CCCCCCC(=O)CN(CC(=O)NCCCCCC(=O)OC)C(=O)CCC(=O)OCc1ccccc1. The summed E-state index contributed by atoms with van der Waals surface area (Å²) >= 11 is 0. The summed E-state index contributed by atoms with van der Waals surface area (Å²) in [5, 5.41) is 2.74. The molecule has 1 aromatic rings. The molecule has 0 saturated heterocycles. The molecule has 0 heterocycles. The summed E-state index contributed by atoms with van der Waals surface area (Å²) < 4.78 is 14.4. The van der Waals surface area contributed by atoms with E-state index < -0.39 is 17.8 Å². The lowest BCUT2D eigenvalue weighted by atomic mass is 10.1. The molecule has 0 aromatic heterocycles. The number of methoxy groups -OCH3 is 2. The van der Waals surface area contributed by atoms with Gasteiger partial charge in [-0.2, -0.15) is 0 Å². The molecule has 0 fully saturated rings. The molecule has 0 radical (unpaired) electrons. The number of unbranched alkanes of at least 4 members (excludes halogenated alkanes) is 5. The zero-order valence-corrected chi connectivity index (χ0v) is 24.3. The number of hydrogen-bond acceptors (Lipinski definition) is 9. The maximum absolute atomic E-state index is 12.9. The normalized spacial score (nSPS) is 10.4. The molecule has 0 aliphatic heterocycles. The summed E-state index contributed by atoms with van der Waals surface area (Å²) in [5.74, 6) is -2.17. The lowest BCUT2D eigenvalue weighted by molar-refractivity contribution is -0.147. The van der Waals surface area contributed by atoms with Crippen molar-refractivity contribution in [2.24, 2.45) is 0 Å². The quantitative estimate of drug-likeness (QED) is 0.125. The number of nitrogens with one attached hydrogen (secondary N) is 1. The fourth-order valence-corrected chi connectivity index (χ4v) is 3.88. The molecule has 0 atom stereocenters. The topological polar surface area (TPSA) is 145 Å². The molecular formula is C30H44N2O9. The van der Waals surface area contributed by atoms with Gasteiger partial charge in [-0.15, -0.1) is 0 Å². The van der Waals surface area contributed by atoms with Crippen LogP contribution in [0.1, 0.15) is 82.6 Å². The minimum Gasteiger partial charge on any atom is -0.469 e. The van der Waals surface area contributed by atoms with Gasteiger partial charge in [-0.25, -0.2) is 0 Å². The fourth-order valence-electron chi connectivity index (χ4n) is 3.88. The molecule has 0 unspecified atom stereocenters. The van der Waals surface area contributed by atoms with E-state index >= 15 is 0 Å². The van der Waals surface area contributed by atoms with E-state index in [4.69, 9.17) is 4.74 Å². The van der Waals surface area contributed by atoms with Gasteiger partial charge in [0.05, 0.1) is 33.7 Å². The number of Topliss-reactive ketones (excluding diaryl/α,β-unsaturated/α-hetero) is 1. The van der Waals surface area contributed by atoms with Crippen LogP contribution in [-0.2, 0) is 49.6 Å². The largest absolute Gasteiger partial charge is 0.469 e. The minimum absolute atomic E-state index is 0.0950. The molecule has 41 heavy (non-hydrogen) atoms. The zero-order valence-electron chi connectivity index (χ0n) is 24.3. The first-order chi connectivity index (χ1) is 19.7. The number of rotatable bonds is 22. The van der Waals surface area contributed by atoms with Crippen LogP contribution in [0, 0.1) is 0 Å². The average Bonchev–Trinajstić information content (AvgIpc) is 2.98. The summed E-state index contributed by atoms with van der Waals surface area (Å²) in [4.78, 5) is 73.7. The Kier molecular flexibility index (Phi) is 18.9. The van der Waals surface area contributed by atoms with Gasteiger partial charge in [0.2, 0.25) is 11.8 Å². The van der Waals surface area contributed by atoms with Gasteiger partial charge in [0.1, 0.15) is 6.61 Å². The second-order valence-electron chi connectivity index (χ2n) is 9.66. The number of carbonyl (C=O) groups is 6. The van der Waals surface area contributed by atoms with E-state index in [1.165, 1.54) is 19.1 Å². The number of ketones is 1. The smallest absolute Gasteiger partial charge is 0.306 e. The summed E-state index contributed by atoms with van der Waals surface area (Å²) in [6.45, 7) is -0.0668. The van der Waals surface area contributed by atoms with E-state index in [0.29, 0.717) is 45.1 Å². The highest BCUT2D eigenvalue weighted by Crippen LogP contribution is 2.09. The van der Waals surface area contributed by atoms with Crippen LogP contribution in [-0.4, -0.2) is 74.3 Å². The standard InChI is InChI=1S/C30H44N2O9/c1-39-28(36)16-10-4-3-9-15-25(33)21-32(22-26(34)31-20-12-6-11-17-29(37)40-2)27(35)18-19-30(38)41-23-24-13-7-5-8-14-24/h5,7-8,13-14H,3-4,6,9-12,15-23H2,1-2H3,(H,31,34). The van der Waals surface area contributed by atoms with Crippen molar-refractivity contribution in [1.29, 1.82) is 0 Å². The molecule has 11 heteroatoms. The highest BCUT2D eigenvalue weighted by atomic mass is 16.5. The Bertz CT molecular complexity index is 924. The van der Waals surface area contributed by atoms with E-state index in [9.17, 15) is 28.8 Å². The first-order valence-electron chi connectivity index (χ1n) is 14.1. The average molecular weight is 577 g/mol. The van der Waals surface area contributed by atoms with Crippen LogP contribution in [0.25, 0.3) is 0 Å². The molecule has 2 amide bonds. The summed E-state index contributed by atoms with van der Waals surface area (Å²) in [6.07, 6.45) is 5.36. The molecule has 0 spiro atoms. The number of ether oxygens (including phenoxy) is 3. The van der Waals surface area contributed by atoms with E-state index in [2.05, 4.69) is 14.8 Å². The molecule has 1 rings (SSSR count). The molecule has 1 N–H and O–H groups in total. The van der Waals surface area contributed by atoms with Crippen molar-refractivity contribution in [3.63, 3.8) is 0 Å². The molecule has 0 bridgehead atoms. The van der Waals surface area contributed by atoms with Gasteiger partial charge in [-0.3, -0.25) is 28.8 Å². The van der Waals surface area contributed by atoms with Crippen LogP contribution >= 0.6 is 0 Å². The Morgan fingerprint density at radius 3 is 1.85 bits per heavy atom. The van der Waals surface area contributed by atoms with Crippen molar-refractivity contribution in [2.45, 2.75) is 83.7 Å². The highest BCUT2D eigenvalue weighted by molar-refractivity contribution is 5.90. The van der Waals surface area contributed by atoms with Crippen molar-refractivity contribution >= 4 is 35.5 Å². The Labute approximate surface area is 242 Å². The molecular weight excluding hydrogens is 532 g/mol. The predicted molar refractivity (Wildman–Crippen MR) is 150 cm³/mol. The van der Waals surface area contributed by atoms with Gasteiger partial charge in [0.15, 0.2) is 5.78 Å². The second kappa shape index (κ2) is 22.0. The van der Waals surface area contributed by atoms with E-state index in [1.54, 1.807) is 0 Å². The van der Waals surface area contributed by atoms with Gasteiger partial charge in [0, 0.05) is 32.2 Å². The van der Waals surface area contributed by atoms with Crippen LogP contribution in [0.15, 0.2) is 30.3 Å². The van der Waals surface area contributed by atoms with Crippen molar-refractivity contribution in [1.82, 2.24) is 10.2 Å². The minimum atomic E-state index is -0.545. The number of carbonyl (C=O) groups excluding carboxylic acids is 6. The fraction of sp³-hybridized carbons (Fsp3) is 0.600. The summed E-state index contributed by atoms with van der Waals surface area (Å²) in [5.41, 5.74) is 0.826. The van der Waals surface area contributed by atoms with E-state index in [1.807, 2.05) is 30.3 Å². The van der Waals surface area contributed by atoms with E-state index in [0.717, 1.165) is 24.8 Å². The van der Waals surface area contributed by atoms with Crippen LogP contribution in [0.2, 0.25) is 0 Å². The van der Waals surface area contributed by atoms with Crippen molar-refractivity contribution in [3.8, 4) is 0 Å². The third-order valence-electron chi connectivity index (χ3n) is 6.26. The number of benzene rings is 1. The maximum Gasteiger partial charge on any atom is 0.306 e. The van der Waals surface area contributed by atoms with Crippen LogP contribution in [0.5, 0.6) is 0 Å². The number of nitrogens with zero attached hydrogens (tertiary/aromatic N) is 1. The van der Waals surface area contributed by atoms with Crippen LogP contribution < -0.4 is 5.32 Å². The lowest BCUT2D eigenvalue weighted by Gasteiger charge is -2.21. The third-order valence-corrected chi connectivity index (χ3v) is 6.26. The van der Waals surface area contributed by atoms with Crippen molar-refractivity contribution in [2.75, 3.05) is 33.9 Å². The lowest BCUT2D eigenvalue weighted by Crippen LogP contribution is -2.43. The molecule has 228 valence electrons. The van der Waals surface area contributed by atoms with Gasteiger partial charge < -0.3 is 24.4 Å². The van der Waals surface area contributed by atoms with Gasteiger partial charge in [-0.1, -0.05) is 49.6 Å². The Morgan fingerprint density at radius 1 is 0.659 bits per heavy atom. The Hall–Kier alpha value is -3.76.